The molecule has 9 heteroatoms. The lowest BCUT2D eigenvalue weighted by molar-refractivity contribution is -0.115. The Morgan fingerprint density at radius 1 is 1.37 bits per heavy atom. The van der Waals surface area contributed by atoms with Crippen molar-refractivity contribution in [1.29, 1.82) is 0 Å². The average molecular weight is 418 g/mol. The van der Waals surface area contributed by atoms with Crippen LogP contribution in [0.4, 0.5) is 0 Å². The van der Waals surface area contributed by atoms with Crippen molar-refractivity contribution in [2.45, 2.75) is 6.92 Å². The van der Waals surface area contributed by atoms with Crippen LogP contribution in [-0.2, 0) is 4.79 Å². The second-order valence-electron chi connectivity index (χ2n) is 5.55. The summed E-state index contributed by atoms with van der Waals surface area (Å²) in [6.45, 7) is 2.35. The third kappa shape index (κ3) is 3.55. The van der Waals surface area contributed by atoms with E-state index < -0.39 is 0 Å². The number of thioether (sulfide) groups is 1. The number of fused-ring (bicyclic) bond motifs is 1. The molecule has 0 atom stereocenters. The van der Waals surface area contributed by atoms with Crippen LogP contribution in [0.25, 0.3) is 28.2 Å². The van der Waals surface area contributed by atoms with Gasteiger partial charge < -0.3 is 14.5 Å². The number of carbonyl (C=O) groups is 1. The van der Waals surface area contributed by atoms with E-state index in [9.17, 15) is 4.79 Å². The molecule has 1 N–H and O–H groups in total. The molecule has 0 aliphatic carbocycles. The van der Waals surface area contributed by atoms with Crippen LogP contribution in [0.1, 0.15) is 12.7 Å². The number of ether oxygens (including phenoxy) is 1. The Kier molecular flexibility index (Phi) is 4.86. The predicted octanol–water partition coefficient (Wildman–Crippen LogP) is 4.43. The summed E-state index contributed by atoms with van der Waals surface area (Å²) in [6, 6.07) is 3.58. The molecule has 1 aliphatic heterocycles. The molecule has 1 aliphatic rings. The number of nitrogens with one attached hydrogen (secondary N) is 1. The summed E-state index contributed by atoms with van der Waals surface area (Å²) in [5.41, 5.74) is 2.13. The van der Waals surface area contributed by atoms with Crippen LogP contribution in [0.3, 0.4) is 0 Å². The number of aromatic nitrogens is 2. The fourth-order valence-electron chi connectivity index (χ4n) is 2.62. The zero-order valence-corrected chi connectivity index (χ0v) is 16.4. The maximum Gasteiger partial charge on any atom is 0.263 e. The predicted molar refractivity (Wildman–Crippen MR) is 110 cm³/mol. The first-order chi connectivity index (χ1) is 13.0. The topological polar surface area (TPSA) is 77.3 Å². The summed E-state index contributed by atoms with van der Waals surface area (Å²) in [5.74, 6) is 0.686. The second-order valence-corrected chi connectivity index (χ2v) is 7.68. The molecule has 3 aromatic heterocycles. The van der Waals surface area contributed by atoms with Gasteiger partial charge in [-0.2, -0.15) is 0 Å². The number of furan rings is 1. The van der Waals surface area contributed by atoms with E-state index in [-0.39, 0.29) is 5.91 Å². The van der Waals surface area contributed by atoms with Crippen molar-refractivity contribution in [2.24, 2.45) is 0 Å². The number of halogens is 1. The van der Waals surface area contributed by atoms with Gasteiger partial charge in [0, 0.05) is 41.2 Å². The van der Waals surface area contributed by atoms with Gasteiger partial charge in [-0.05, 0) is 19.1 Å². The number of hydrogen-bond acceptors (Lipinski definition) is 7. The molecule has 0 unspecified atom stereocenters. The normalized spacial score (nSPS) is 15.6. The maximum atomic E-state index is 11.8. The van der Waals surface area contributed by atoms with Crippen molar-refractivity contribution in [3.63, 3.8) is 0 Å². The van der Waals surface area contributed by atoms with E-state index in [4.69, 9.17) is 33.0 Å². The van der Waals surface area contributed by atoms with Crippen LogP contribution in [0.2, 0.25) is 5.02 Å². The molecular weight excluding hydrogens is 406 g/mol. The van der Waals surface area contributed by atoms with Gasteiger partial charge in [0.05, 0.1) is 11.5 Å². The highest BCUT2D eigenvalue weighted by Gasteiger charge is 2.23. The SMILES string of the molecule is CCOc1ncc(-c2cncc3cc(C=C4SC(=S)NC4=O)oc23)cc1Cl. The number of thiocarbonyl (C=S) groups is 1. The zero-order valence-electron chi connectivity index (χ0n) is 14.0. The van der Waals surface area contributed by atoms with Crippen molar-refractivity contribution in [3.8, 4) is 17.0 Å². The fraction of sp³-hybridized carbons (Fsp3) is 0.111. The Hall–Kier alpha value is -2.42. The van der Waals surface area contributed by atoms with Crippen molar-refractivity contribution in [2.75, 3.05) is 6.61 Å². The number of hydrogen-bond donors (Lipinski definition) is 1. The molecule has 0 aromatic carbocycles. The summed E-state index contributed by atoms with van der Waals surface area (Å²) >= 11 is 12.5. The summed E-state index contributed by atoms with van der Waals surface area (Å²) < 4.78 is 11.8. The fourth-order valence-corrected chi connectivity index (χ4v) is 3.87. The lowest BCUT2D eigenvalue weighted by Crippen LogP contribution is -2.17. The molecule has 0 radical (unpaired) electrons. The molecule has 1 saturated heterocycles. The summed E-state index contributed by atoms with van der Waals surface area (Å²) in [7, 11) is 0. The molecule has 1 amide bonds. The van der Waals surface area contributed by atoms with Gasteiger partial charge >= 0.3 is 0 Å². The van der Waals surface area contributed by atoms with Crippen LogP contribution in [0.15, 0.2) is 40.0 Å². The van der Waals surface area contributed by atoms with E-state index in [0.717, 1.165) is 16.5 Å². The monoisotopic (exact) mass is 417 g/mol. The van der Waals surface area contributed by atoms with Crippen LogP contribution in [-0.4, -0.2) is 26.8 Å². The smallest absolute Gasteiger partial charge is 0.263 e. The molecule has 1 fully saturated rings. The second kappa shape index (κ2) is 7.30. The van der Waals surface area contributed by atoms with Crippen molar-refractivity contribution >= 4 is 62.9 Å². The molecule has 27 heavy (non-hydrogen) atoms. The molecule has 3 aromatic rings. The van der Waals surface area contributed by atoms with Crippen molar-refractivity contribution in [1.82, 2.24) is 15.3 Å². The van der Waals surface area contributed by atoms with E-state index in [1.54, 1.807) is 30.7 Å². The highest BCUT2D eigenvalue weighted by Crippen LogP contribution is 2.34. The third-order valence-corrected chi connectivity index (χ3v) is 5.19. The minimum absolute atomic E-state index is 0.230. The molecular formula is C18H12ClN3O3S2. The number of amides is 1. The summed E-state index contributed by atoms with van der Waals surface area (Å²) in [5, 5.41) is 3.79. The lowest BCUT2D eigenvalue weighted by atomic mass is 10.1. The van der Waals surface area contributed by atoms with E-state index in [1.165, 1.54) is 11.8 Å². The Morgan fingerprint density at radius 2 is 2.22 bits per heavy atom. The summed E-state index contributed by atoms with van der Waals surface area (Å²) in [4.78, 5) is 20.8. The molecule has 0 bridgehead atoms. The van der Waals surface area contributed by atoms with Crippen molar-refractivity contribution < 1.29 is 13.9 Å². The highest BCUT2D eigenvalue weighted by atomic mass is 35.5. The minimum Gasteiger partial charge on any atom is -0.477 e. The number of nitrogens with zero attached hydrogens (tertiary/aromatic N) is 2. The van der Waals surface area contributed by atoms with Gasteiger partial charge in [0.1, 0.15) is 20.7 Å². The first-order valence-corrected chi connectivity index (χ1v) is 9.56. The van der Waals surface area contributed by atoms with E-state index >= 15 is 0 Å². The maximum absolute atomic E-state index is 11.8. The van der Waals surface area contributed by atoms with Gasteiger partial charge in [-0.25, -0.2) is 4.98 Å². The average Bonchev–Trinajstić information content (AvgIpc) is 3.19. The van der Waals surface area contributed by atoms with Gasteiger partial charge in [0.15, 0.2) is 0 Å². The molecule has 4 rings (SSSR count). The van der Waals surface area contributed by atoms with Gasteiger partial charge in [0.25, 0.3) is 5.91 Å². The van der Waals surface area contributed by atoms with Crippen LogP contribution in [0, 0.1) is 0 Å². The number of carbonyl (C=O) groups excluding carboxylic acids is 1. The lowest BCUT2D eigenvalue weighted by Gasteiger charge is -2.07. The molecule has 4 heterocycles. The van der Waals surface area contributed by atoms with Gasteiger partial charge in [-0.15, -0.1) is 0 Å². The molecule has 0 spiro atoms. The molecule has 0 saturated carbocycles. The Labute approximate surface area is 169 Å². The summed E-state index contributed by atoms with van der Waals surface area (Å²) in [6.07, 6.45) is 6.70. The molecule has 136 valence electrons. The third-order valence-electron chi connectivity index (χ3n) is 3.76. The van der Waals surface area contributed by atoms with E-state index in [2.05, 4.69) is 15.3 Å². The standard InChI is InChI=1S/C18H12ClN3O3S2/c1-2-24-17-13(19)4-9(7-21-17)12-8-20-6-10-3-11(25-15(10)12)5-14-16(23)22-18(26)27-14/h3-8H,2H2,1H3,(H,22,23,26). The zero-order chi connectivity index (χ0) is 19.0. The number of pyridine rings is 2. The van der Waals surface area contributed by atoms with E-state index in [0.29, 0.717) is 38.1 Å². The quantitative estimate of drug-likeness (QED) is 0.497. The first-order valence-electron chi connectivity index (χ1n) is 7.96. The van der Waals surface area contributed by atoms with E-state index in [1.807, 2.05) is 13.0 Å². The molecule has 6 nitrogen and oxygen atoms in total. The number of rotatable bonds is 4. The highest BCUT2D eigenvalue weighted by molar-refractivity contribution is 8.26. The van der Waals surface area contributed by atoms with Crippen LogP contribution < -0.4 is 10.1 Å². The van der Waals surface area contributed by atoms with Crippen LogP contribution >= 0.6 is 35.6 Å². The Bertz CT molecular complexity index is 1110. The minimum atomic E-state index is -0.230. The van der Waals surface area contributed by atoms with Gasteiger partial charge in [-0.3, -0.25) is 9.78 Å². The van der Waals surface area contributed by atoms with Crippen molar-refractivity contribution in [3.05, 3.63) is 46.4 Å². The first kappa shape index (κ1) is 18.0. The Morgan fingerprint density at radius 3 is 2.93 bits per heavy atom. The van der Waals surface area contributed by atoms with Crippen LogP contribution in [0.5, 0.6) is 5.88 Å². The Balaban J connectivity index is 1.76. The largest absolute Gasteiger partial charge is 0.477 e. The van der Waals surface area contributed by atoms with Gasteiger partial charge in [0.2, 0.25) is 5.88 Å². The van der Waals surface area contributed by atoms with Gasteiger partial charge in [-0.1, -0.05) is 35.6 Å².